The average Bonchev–Trinajstić information content (AvgIpc) is 2.25. The molecule has 0 unspecified atom stereocenters. The van der Waals surface area contributed by atoms with Gasteiger partial charge in [0.2, 0.25) is 0 Å². The minimum absolute atomic E-state index is 0.163. The van der Waals surface area contributed by atoms with Crippen LogP contribution in [-0.2, 0) is 6.54 Å². The highest BCUT2D eigenvalue weighted by Crippen LogP contribution is 2.21. The fraction of sp³-hybridized carbons (Fsp3) is 0.0833. The summed E-state index contributed by atoms with van der Waals surface area (Å²) in [6.45, 7) is 0.395. The van der Waals surface area contributed by atoms with Crippen molar-refractivity contribution in [3.8, 4) is 0 Å². The lowest BCUT2D eigenvalue weighted by Crippen LogP contribution is -2.18. The molecule has 0 aliphatic rings. The van der Waals surface area contributed by atoms with E-state index in [-0.39, 0.29) is 5.56 Å². The zero-order valence-corrected chi connectivity index (χ0v) is 10.9. The summed E-state index contributed by atoms with van der Waals surface area (Å²) < 4.78 is 1.53. The topological polar surface area (TPSA) is 22.0 Å². The molecular weight excluding hydrogens is 280 g/mol. The lowest BCUT2D eigenvalue weighted by molar-refractivity contribution is 0.760. The first-order valence-electron chi connectivity index (χ1n) is 4.86. The molecule has 2 aromatic rings. The highest BCUT2D eigenvalue weighted by atomic mass is 35.5. The summed E-state index contributed by atoms with van der Waals surface area (Å²) >= 11 is 17.6. The Morgan fingerprint density at radius 3 is 2.35 bits per heavy atom. The van der Waals surface area contributed by atoms with Crippen LogP contribution in [0.5, 0.6) is 0 Å². The molecule has 88 valence electrons. The Labute approximate surface area is 113 Å². The molecule has 0 saturated heterocycles. The molecular formula is C12H8Cl3NO. The van der Waals surface area contributed by atoms with Gasteiger partial charge in [0.25, 0.3) is 5.56 Å². The second-order valence-electron chi connectivity index (χ2n) is 3.55. The van der Waals surface area contributed by atoms with Crippen molar-refractivity contribution in [2.75, 3.05) is 0 Å². The Morgan fingerprint density at radius 2 is 1.71 bits per heavy atom. The fourth-order valence-electron chi connectivity index (χ4n) is 1.45. The molecule has 1 aromatic carbocycles. The Kier molecular flexibility index (Phi) is 3.77. The first-order valence-corrected chi connectivity index (χ1v) is 5.99. The normalized spacial score (nSPS) is 10.5. The summed E-state index contributed by atoms with van der Waals surface area (Å²) in [5.41, 5.74) is 0.670. The minimum atomic E-state index is -0.163. The predicted octanol–water partition coefficient (Wildman–Crippen LogP) is 3.86. The molecule has 0 aliphatic carbocycles. The van der Waals surface area contributed by atoms with Crippen LogP contribution in [0.4, 0.5) is 0 Å². The van der Waals surface area contributed by atoms with Crippen LogP contribution < -0.4 is 5.56 Å². The number of hydrogen-bond donors (Lipinski definition) is 0. The van der Waals surface area contributed by atoms with Gasteiger partial charge >= 0.3 is 0 Å². The van der Waals surface area contributed by atoms with Crippen LogP contribution >= 0.6 is 34.8 Å². The van der Waals surface area contributed by atoms with Crippen molar-refractivity contribution in [3.05, 3.63) is 67.5 Å². The minimum Gasteiger partial charge on any atom is -0.311 e. The third-order valence-corrected chi connectivity index (χ3v) is 3.14. The van der Waals surface area contributed by atoms with Gasteiger partial charge in [0.1, 0.15) is 0 Å². The highest BCUT2D eigenvalue weighted by molar-refractivity contribution is 6.35. The van der Waals surface area contributed by atoms with Gasteiger partial charge in [0.15, 0.2) is 0 Å². The van der Waals surface area contributed by atoms with E-state index in [1.807, 2.05) is 0 Å². The third kappa shape index (κ3) is 3.03. The van der Waals surface area contributed by atoms with Crippen molar-refractivity contribution in [2.24, 2.45) is 0 Å². The number of pyridine rings is 1. The molecule has 0 spiro atoms. The summed E-state index contributed by atoms with van der Waals surface area (Å²) in [6, 6.07) is 8.22. The number of nitrogens with zero attached hydrogens (tertiary/aromatic N) is 1. The highest BCUT2D eigenvalue weighted by Gasteiger charge is 2.03. The monoisotopic (exact) mass is 287 g/mol. The molecule has 0 bridgehead atoms. The van der Waals surface area contributed by atoms with Gasteiger partial charge in [-0.3, -0.25) is 4.79 Å². The van der Waals surface area contributed by atoms with Crippen LogP contribution in [0.25, 0.3) is 0 Å². The number of rotatable bonds is 2. The Bertz CT molecular complexity index is 607. The van der Waals surface area contributed by atoms with Crippen LogP contribution in [0.3, 0.4) is 0 Å². The smallest absolute Gasteiger partial charge is 0.252 e. The molecule has 1 aromatic heterocycles. The summed E-state index contributed by atoms with van der Waals surface area (Å²) in [4.78, 5) is 11.6. The molecule has 0 aliphatic heterocycles. The molecule has 0 atom stereocenters. The van der Waals surface area contributed by atoms with E-state index in [1.165, 1.54) is 10.6 Å². The van der Waals surface area contributed by atoms with Gasteiger partial charge in [-0.15, -0.1) is 0 Å². The summed E-state index contributed by atoms with van der Waals surface area (Å²) in [5.74, 6) is 0. The fourth-order valence-corrected chi connectivity index (χ4v) is 2.07. The first-order chi connectivity index (χ1) is 8.06. The van der Waals surface area contributed by atoms with Crippen LogP contribution in [0.2, 0.25) is 15.1 Å². The summed E-state index contributed by atoms with van der Waals surface area (Å²) in [7, 11) is 0. The van der Waals surface area contributed by atoms with Gasteiger partial charge in [0, 0.05) is 27.3 Å². The largest absolute Gasteiger partial charge is 0.311 e. The van der Waals surface area contributed by atoms with Crippen LogP contribution in [0, 0.1) is 0 Å². The maximum absolute atomic E-state index is 11.6. The van der Waals surface area contributed by atoms with Crippen LogP contribution in [0.15, 0.2) is 41.3 Å². The number of benzene rings is 1. The van der Waals surface area contributed by atoms with Crippen LogP contribution in [0.1, 0.15) is 5.56 Å². The standard InChI is InChI=1S/C12H8Cl3NO/c13-9-2-1-8(11(15)5-9)7-16-4-3-10(14)6-12(16)17/h1-6H,7H2. The van der Waals surface area contributed by atoms with E-state index in [1.54, 1.807) is 30.5 Å². The zero-order valence-electron chi connectivity index (χ0n) is 8.66. The number of hydrogen-bond acceptors (Lipinski definition) is 1. The molecule has 0 radical (unpaired) electrons. The molecule has 0 amide bonds. The lowest BCUT2D eigenvalue weighted by Gasteiger charge is -2.07. The van der Waals surface area contributed by atoms with Crippen molar-refractivity contribution in [3.63, 3.8) is 0 Å². The number of halogens is 3. The van der Waals surface area contributed by atoms with Gasteiger partial charge in [-0.25, -0.2) is 0 Å². The molecule has 17 heavy (non-hydrogen) atoms. The maximum Gasteiger partial charge on any atom is 0.252 e. The predicted molar refractivity (Wildman–Crippen MR) is 71.3 cm³/mol. The maximum atomic E-state index is 11.6. The Morgan fingerprint density at radius 1 is 1.00 bits per heavy atom. The van der Waals surface area contributed by atoms with E-state index < -0.39 is 0 Å². The van der Waals surface area contributed by atoms with Crippen molar-refractivity contribution in [2.45, 2.75) is 6.54 Å². The van der Waals surface area contributed by atoms with E-state index in [9.17, 15) is 4.79 Å². The lowest BCUT2D eigenvalue weighted by atomic mass is 10.2. The van der Waals surface area contributed by atoms with Gasteiger partial charge in [0.05, 0.1) is 6.54 Å². The number of aromatic nitrogens is 1. The second kappa shape index (κ2) is 5.13. The van der Waals surface area contributed by atoms with Crippen molar-refractivity contribution < 1.29 is 0 Å². The van der Waals surface area contributed by atoms with E-state index >= 15 is 0 Å². The zero-order chi connectivity index (χ0) is 12.4. The van der Waals surface area contributed by atoms with E-state index in [4.69, 9.17) is 34.8 Å². The SMILES string of the molecule is O=c1cc(Cl)ccn1Cc1ccc(Cl)cc1Cl. The van der Waals surface area contributed by atoms with Crippen molar-refractivity contribution >= 4 is 34.8 Å². The molecule has 0 fully saturated rings. The van der Waals surface area contributed by atoms with E-state index in [0.717, 1.165) is 5.56 Å². The summed E-state index contributed by atoms with van der Waals surface area (Å²) in [5, 5.41) is 1.54. The second-order valence-corrected chi connectivity index (χ2v) is 4.83. The Balaban J connectivity index is 2.35. The quantitative estimate of drug-likeness (QED) is 0.822. The van der Waals surface area contributed by atoms with Gasteiger partial charge in [-0.05, 0) is 23.8 Å². The molecule has 1 heterocycles. The van der Waals surface area contributed by atoms with E-state index in [0.29, 0.717) is 21.6 Å². The molecule has 0 saturated carbocycles. The van der Waals surface area contributed by atoms with Gasteiger partial charge < -0.3 is 4.57 Å². The molecule has 2 rings (SSSR count). The van der Waals surface area contributed by atoms with E-state index in [2.05, 4.69) is 0 Å². The Hall–Kier alpha value is -0.960. The third-order valence-electron chi connectivity index (χ3n) is 2.31. The van der Waals surface area contributed by atoms with Gasteiger partial charge in [-0.2, -0.15) is 0 Å². The summed E-state index contributed by atoms with van der Waals surface area (Å²) in [6.07, 6.45) is 1.63. The molecule has 2 nitrogen and oxygen atoms in total. The molecule has 0 N–H and O–H groups in total. The van der Waals surface area contributed by atoms with Crippen LogP contribution in [-0.4, -0.2) is 4.57 Å². The van der Waals surface area contributed by atoms with Crippen molar-refractivity contribution in [1.29, 1.82) is 0 Å². The van der Waals surface area contributed by atoms with Gasteiger partial charge in [-0.1, -0.05) is 40.9 Å². The van der Waals surface area contributed by atoms with Crippen molar-refractivity contribution in [1.82, 2.24) is 4.57 Å². The molecule has 5 heteroatoms. The average molecular weight is 289 g/mol. The first kappa shape index (κ1) is 12.5.